The highest BCUT2D eigenvalue weighted by molar-refractivity contribution is 8.04. The van der Waals surface area contributed by atoms with Crippen LogP contribution in [0, 0.1) is 0 Å². The SMILES string of the molecule is CCOC(=O)C1CC=C(N2COc3cc(C(=O)N4CCC4)[nH]c32)S1. The highest BCUT2D eigenvalue weighted by Crippen LogP contribution is 2.43. The predicted octanol–water partition coefficient (Wildman–Crippen LogP) is 1.93. The van der Waals surface area contributed by atoms with E-state index in [1.54, 1.807) is 6.07 Å². The number of H-pyrrole nitrogens is 1. The molecule has 1 unspecified atom stereocenters. The molecule has 1 aromatic rings. The van der Waals surface area contributed by atoms with Crippen LogP contribution in [0.1, 0.15) is 30.3 Å². The maximum Gasteiger partial charge on any atom is 0.319 e. The highest BCUT2D eigenvalue weighted by Gasteiger charge is 2.35. The molecule has 3 aliphatic rings. The number of rotatable bonds is 4. The Morgan fingerprint density at radius 2 is 2.29 bits per heavy atom. The summed E-state index contributed by atoms with van der Waals surface area (Å²) in [5.41, 5.74) is 0.551. The van der Waals surface area contributed by atoms with Crippen molar-refractivity contribution >= 4 is 29.5 Å². The van der Waals surface area contributed by atoms with Gasteiger partial charge in [0.2, 0.25) is 0 Å². The highest BCUT2D eigenvalue weighted by atomic mass is 32.2. The standard InChI is InChI=1S/C16H19N3O4S/c1-2-22-16(21)12-4-5-13(24-12)19-9-23-11-8-10(17-14(11)19)15(20)18-6-3-7-18/h5,8,12,17H,2-4,6-7,9H2,1H3. The molecule has 0 saturated carbocycles. The second kappa shape index (κ2) is 6.08. The van der Waals surface area contributed by atoms with Crippen LogP contribution in [0.2, 0.25) is 0 Å². The number of carbonyl (C=O) groups excluding carboxylic acids is 2. The number of nitrogens with one attached hydrogen (secondary N) is 1. The van der Waals surface area contributed by atoms with Gasteiger partial charge in [0, 0.05) is 19.2 Å². The zero-order chi connectivity index (χ0) is 16.7. The number of thioether (sulfide) groups is 1. The number of anilines is 1. The Morgan fingerprint density at radius 1 is 1.46 bits per heavy atom. The van der Waals surface area contributed by atoms with Crippen molar-refractivity contribution in [1.82, 2.24) is 9.88 Å². The molecule has 4 heterocycles. The fourth-order valence-electron chi connectivity index (χ4n) is 2.92. The molecular weight excluding hydrogens is 330 g/mol. The fraction of sp³-hybridized carbons (Fsp3) is 0.500. The fourth-order valence-corrected chi connectivity index (χ4v) is 4.03. The Labute approximate surface area is 144 Å². The maximum absolute atomic E-state index is 12.3. The molecule has 0 radical (unpaired) electrons. The normalized spacial score (nSPS) is 21.9. The van der Waals surface area contributed by atoms with Gasteiger partial charge >= 0.3 is 5.97 Å². The monoisotopic (exact) mass is 349 g/mol. The molecule has 4 rings (SSSR count). The second-order valence-electron chi connectivity index (χ2n) is 5.88. The number of esters is 1. The van der Waals surface area contributed by atoms with E-state index in [4.69, 9.17) is 9.47 Å². The van der Waals surface area contributed by atoms with Gasteiger partial charge in [-0.1, -0.05) is 17.8 Å². The van der Waals surface area contributed by atoms with E-state index >= 15 is 0 Å². The third-order valence-corrected chi connectivity index (χ3v) is 5.64. The van der Waals surface area contributed by atoms with Crippen molar-refractivity contribution in [3.8, 4) is 5.75 Å². The van der Waals surface area contributed by atoms with Crippen molar-refractivity contribution in [2.75, 3.05) is 31.3 Å². The third-order valence-electron chi connectivity index (χ3n) is 4.34. The molecule has 1 aromatic heterocycles. The van der Waals surface area contributed by atoms with Crippen LogP contribution in [0.4, 0.5) is 5.82 Å². The summed E-state index contributed by atoms with van der Waals surface area (Å²) < 4.78 is 10.8. The molecule has 7 nitrogen and oxygen atoms in total. The number of fused-ring (bicyclic) bond motifs is 1. The number of allylic oxidation sites excluding steroid dienone is 1. The zero-order valence-corrected chi connectivity index (χ0v) is 14.2. The van der Waals surface area contributed by atoms with Crippen LogP contribution in [0.25, 0.3) is 0 Å². The number of aromatic nitrogens is 1. The maximum atomic E-state index is 12.3. The molecule has 0 bridgehead atoms. The Morgan fingerprint density at radius 3 is 3.00 bits per heavy atom. The molecule has 0 aliphatic carbocycles. The Kier molecular flexibility index (Phi) is 3.91. The quantitative estimate of drug-likeness (QED) is 0.837. The van der Waals surface area contributed by atoms with Crippen LogP contribution in [-0.2, 0) is 9.53 Å². The van der Waals surface area contributed by atoms with Crippen molar-refractivity contribution in [3.05, 3.63) is 22.9 Å². The number of nitrogens with zero attached hydrogens (tertiary/aromatic N) is 2. The lowest BCUT2D eigenvalue weighted by atomic mass is 10.2. The molecule has 1 saturated heterocycles. The summed E-state index contributed by atoms with van der Waals surface area (Å²) in [5, 5.41) is 0.748. The molecule has 128 valence electrons. The van der Waals surface area contributed by atoms with Crippen molar-refractivity contribution in [2.45, 2.75) is 25.0 Å². The van der Waals surface area contributed by atoms with Crippen molar-refractivity contribution in [1.29, 1.82) is 0 Å². The van der Waals surface area contributed by atoms with E-state index in [1.165, 1.54) is 11.8 Å². The molecular formula is C16H19N3O4S. The lowest BCUT2D eigenvalue weighted by Gasteiger charge is -2.30. The van der Waals surface area contributed by atoms with Gasteiger partial charge in [0.15, 0.2) is 18.3 Å². The molecule has 1 atom stereocenters. The van der Waals surface area contributed by atoms with Crippen LogP contribution in [0.15, 0.2) is 17.2 Å². The van der Waals surface area contributed by atoms with Gasteiger partial charge in [-0.15, -0.1) is 0 Å². The van der Waals surface area contributed by atoms with Gasteiger partial charge in [-0.2, -0.15) is 0 Å². The first-order valence-corrected chi connectivity index (χ1v) is 9.01. The first-order chi connectivity index (χ1) is 11.7. The summed E-state index contributed by atoms with van der Waals surface area (Å²) in [6.07, 6.45) is 3.72. The van der Waals surface area contributed by atoms with E-state index in [0.29, 0.717) is 31.2 Å². The van der Waals surface area contributed by atoms with E-state index in [0.717, 1.165) is 30.4 Å². The van der Waals surface area contributed by atoms with Crippen molar-refractivity contribution in [3.63, 3.8) is 0 Å². The lowest BCUT2D eigenvalue weighted by Crippen LogP contribution is -2.42. The Balaban J connectivity index is 1.47. The van der Waals surface area contributed by atoms with Gasteiger partial charge in [0.25, 0.3) is 5.91 Å². The first kappa shape index (κ1) is 15.4. The van der Waals surface area contributed by atoms with Crippen LogP contribution < -0.4 is 9.64 Å². The predicted molar refractivity (Wildman–Crippen MR) is 90.0 cm³/mol. The van der Waals surface area contributed by atoms with Gasteiger partial charge in [-0.05, 0) is 19.8 Å². The number of hydrogen-bond acceptors (Lipinski definition) is 6. The number of amides is 1. The summed E-state index contributed by atoms with van der Waals surface area (Å²) in [6.45, 7) is 4.21. The number of hydrogen-bond donors (Lipinski definition) is 1. The van der Waals surface area contributed by atoms with Crippen LogP contribution in [0.3, 0.4) is 0 Å². The van der Waals surface area contributed by atoms with Gasteiger partial charge < -0.3 is 19.4 Å². The molecule has 0 aromatic carbocycles. The number of aromatic amines is 1. The Bertz CT molecular complexity index is 710. The summed E-state index contributed by atoms with van der Waals surface area (Å²) in [4.78, 5) is 31.1. The van der Waals surface area contributed by atoms with Crippen molar-refractivity contribution < 1.29 is 19.1 Å². The summed E-state index contributed by atoms with van der Waals surface area (Å²) in [7, 11) is 0. The van der Waals surface area contributed by atoms with Gasteiger partial charge in [-0.3, -0.25) is 14.5 Å². The minimum atomic E-state index is -0.207. The summed E-state index contributed by atoms with van der Waals surface area (Å²) in [6, 6.07) is 1.76. The van der Waals surface area contributed by atoms with Crippen LogP contribution in [0.5, 0.6) is 5.75 Å². The van der Waals surface area contributed by atoms with Gasteiger partial charge in [0.05, 0.1) is 11.6 Å². The average molecular weight is 349 g/mol. The first-order valence-electron chi connectivity index (χ1n) is 8.13. The van der Waals surface area contributed by atoms with E-state index in [1.807, 2.05) is 22.8 Å². The average Bonchev–Trinajstić information content (AvgIpc) is 3.20. The zero-order valence-electron chi connectivity index (χ0n) is 13.4. The number of likely N-dealkylation sites (tertiary alicyclic amines) is 1. The molecule has 24 heavy (non-hydrogen) atoms. The third kappa shape index (κ3) is 2.54. The van der Waals surface area contributed by atoms with Crippen LogP contribution >= 0.6 is 11.8 Å². The molecule has 0 spiro atoms. The summed E-state index contributed by atoms with van der Waals surface area (Å²) in [5.74, 6) is 1.29. The smallest absolute Gasteiger partial charge is 0.319 e. The minimum Gasteiger partial charge on any atom is -0.469 e. The van der Waals surface area contributed by atoms with E-state index in [-0.39, 0.29) is 17.1 Å². The van der Waals surface area contributed by atoms with Crippen molar-refractivity contribution in [2.24, 2.45) is 0 Å². The topological polar surface area (TPSA) is 74.9 Å². The minimum absolute atomic E-state index is 0.0108. The van der Waals surface area contributed by atoms with E-state index in [2.05, 4.69) is 4.98 Å². The largest absolute Gasteiger partial charge is 0.469 e. The van der Waals surface area contributed by atoms with Gasteiger partial charge in [-0.25, -0.2) is 0 Å². The molecule has 8 heteroatoms. The van der Waals surface area contributed by atoms with E-state index < -0.39 is 0 Å². The summed E-state index contributed by atoms with van der Waals surface area (Å²) >= 11 is 1.48. The number of carbonyl (C=O) groups is 2. The Hall–Kier alpha value is -2.09. The molecule has 3 aliphatic heterocycles. The lowest BCUT2D eigenvalue weighted by molar-refractivity contribution is -0.142. The molecule has 1 amide bonds. The molecule has 1 fully saturated rings. The van der Waals surface area contributed by atoms with E-state index in [9.17, 15) is 9.59 Å². The second-order valence-corrected chi connectivity index (χ2v) is 7.10. The molecule has 1 N–H and O–H groups in total. The van der Waals surface area contributed by atoms with Crippen LogP contribution in [-0.4, -0.2) is 53.4 Å². The van der Waals surface area contributed by atoms with Gasteiger partial charge in [0.1, 0.15) is 10.9 Å². The number of ether oxygens (including phenoxy) is 2.